The van der Waals surface area contributed by atoms with Gasteiger partial charge < -0.3 is 11.1 Å². The maximum absolute atomic E-state index is 13.4. The van der Waals surface area contributed by atoms with Crippen LogP contribution in [0.3, 0.4) is 0 Å². The zero-order chi connectivity index (χ0) is 14.5. The highest BCUT2D eigenvalue weighted by molar-refractivity contribution is 5.82. The maximum atomic E-state index is 13.4. The van der Waals surface area contributed by atoms with Gasteiger partial charge in [-0.1, -0.05) is 13.8 Å². The van der Waals surface area contributed by atoms with E-state index in [0.29, 0.717) is 12.8 Å². The Labute approximate surface area is 112 Å². The number of halogens is 2. The van der Waals surface area contributed by atoms with Crippen molar-refractivity contribution < 1.29 is 13.6 Å². The summed E-state index contributed by atoms with van der Waals surface area (Å²) < 4.78 is 26.4. The third kappa shape index (κ3) is 3.50. The Hall–Kier alpha value is -1.49. The van der Waals surface area contributed by atoms with Crippen LogP contribution in [0, 0.1) is 17.0 Å². The van der Waals surface area contributed by atoms with Crippen LogP contribution in [0.4, 0.5) is 8.78 Å². The van der Waals surface area contributed by atoms with Gasteiger partial charge in [-0.25, -0.2) is 8.78 Å². The molecule has 0 fully saturated rings. The van der Waals surface area contributed by atoms with Crippen molar-refractivity contribution in [2.45, 2.75) is 33.2 Å². The maximum Gasteiger partial charge on any atom is 0.227 e. The van der Waals surface area contributed by atoms with Crippen molar-refractivity contribution >= 4 is 5.91 Å². The van der Waals surface area contributed by atoms with Crippen LogP contribution in [0.5, 0.6) is 0 Å². The van der Waals surface area contributed by atoms with Gasteiger partial charge in [-0.3, -0.25) is 4.79 Å². The lowest BCUT2D eigenvalue weighted by Gasteiger charge is -2.28. The van der Waals surface area contributed by atoms with Gasteiger partial charge in [0.05, 0.1) is 5.41 Å². The van der Waals surface area contributed by atoms with Crippen LogP contribution in [-0.4, -0.2) is 12.5 Å². The molecule has 0 saturated carbocycles. The second-order valence-electron chi connectivity index (χ2n) is 4.61. The fourth-order valence-electron chi connectivity index (χ4n) is 1.99. The number of carbonyl (C=O) groups excluding carboxylic acids is 1. The van der Waals surface area contributed by atoms with Crippen molar-refractivity contribution in [1.29, 1.82) is 0 Å². The molecule has 0 aliphatic heterocycles. The summed E-state index contributed by atoms with van der Waals surface area (Å²) in [6.45, 7) is 3.97. The summed E-state index contributed by atoms with van der Waals surface area (Å²) in [6.07, 6.45) is 1.22. The monoisotopic (exact) mass is 270 g/mol. The van der Waals surface area contributed by atoms with E-state index >= 15 is 0 Å². The van der Waals surface area contributed by atoms with E-state index in [1.807, 2.05) is 13.8 Å². The van der Waals surface area contributed by atoms with Crippen molar-refractivity contribution in [3.05, 3.63) is 35.4 Å². The average molecular weight is 270 g/mol. The molecule has 1 amide bonds. The summed E-state index contributed by atoms with van der Waals surface area (Å²) in [6, 6.07) is 3.17. The highest BCUT2D eigenvalue weighted by atomic mass is 19.1. The van der Waals surface area contributed by atoms with Gasteiger partial charge in [-0.05, 0) is 31.0 Å². The largest absolute Gasteiger partial charge is 0.351 e. The highest BCUT2D eigenvalue weighted by Crippen LogP contribution is 2.25. The number of amides is 1. The standard InChI is InChI=1S/C14H20F2N2O/c1-3-14(4-2,9-17)13(19)18-8-10-7-11(15)5-6-12(10)16/h5-7H,3-4,8-9,17H2,1-2H3,(H,18,19). The normalized spacial score (nSPS) is 11.4. The van der Waals surface area contributed by atoms with Crippen LogP contribution in [0.1, 0.15) is 32.3 Å². The van der Waals surface area contributed by atoms with E-state index in [-0.39, 0.29) is 24.6 Å². The van der Waals surface area contributed by atoms with Crippen molar-refractivity contribution in [3.8, 4) is 0 Å². The van der Waals surface area contributed by atoms with Crippen LogP contribution >= 0.6 is 0 Å². The van der Waals surface area contributed by atoms with Crippen LogP contribution in [-0.2, 0) is 11.3 Å². The van der Waals surface area contributed by atoms with Crippen LogP contribution in [0.25, 0.3) is 0 Å². The van der Waals surface area contributed by atoms with Crippen LogP contribution in [0.15, 0.2) is 18.2 Å². The lowest BCUT2D eigenvalue weighted by molar-refractivity contribution is -0.131. The SMILES string of the molecule is CCC(CC)(CN)C(=O)NCc1cc(F)ccc1F. The molecule has 1 rings (SSSR count). The van der Waals surface area contributed by atoms with Gasteiger partial charge in [0.1, 0.15) is 11.6 Å². The molecule has 19 heavy (non-hydrogen) atoms. The van der Waals surface area contributed by atoms with Gasteiger partial charge >= 0.3 is 0 Å². The summed E-state index contributed by atoms with van der Waals surface area (Å²) in [7, 11) is 0. The zero-order valence-corrected chi connectivity index (χ0v) is 11.3. The quantitative estimate of drug-likeness (QED) is 0.833. The Morgan fingerprint density at radius 2 is 1.95 bits per heavy atom. The molecule has 0 aliphatic rings. The minimum Gasteiger partial charge on any atom is -0.351 e. The highest BCUT2D eigenvalue weighted by Gasteiger charge is 2.33. The molecule has 106 valence electrons. The summed E-state index contributed by atoms with van der Waals surface area (Å²) >= 11 is 0. The topological polar surface area (TPSA) is 55.1 Å². The van der Waals surface area contributed by atoms with Gasteiger partial charge in [-0.15, -0.1) is 0 Å². The van der Waals surface area contributed by atoms with E-state index in [2.05, 4.69) is 5.32 Å². The summed E-state index contributed by atoms with van der Waals surface area (Å²) in [5.41, 5.74) is 5.15. The molecular formula is C14H20F2N2O. The lowest BCUT2D eigenvalue weighted by atomic mass is 9.81. The van der Waals surface area contributed by atoms with E-state index < -0.39 is 17.0 Å². The molecular weight excluding hydrogens is 250 g/mol. The molecule has 1 aromatic rings. The van der Waals surface area contributed by atoms with Crippen molar-refractivity contribution in [2.24, 2.45) is 11.1 Å². The number of carbonyl (C=O) groups is 1. The molecule has 3 N–H and O–H groups in total. The van der Waals surface area contributed by atoms with Crippen molar-refractivity contribution in [3.63, 3.8) is 0 Å². The molecule has 1 aromatic carbocycles. The average Bonchev–Trinajstić information content (AvgIpc) is 2.42. The first kappa shape index (κ1) is 15.6. The molecule has 0 aromatic heterocycles. The fraction of sp³-hybridized carbons (Fsp3) is 0.500. The first-order valence-corrected chi connectivity index (χ1v) is 6.41. The first-order chi connectivity index (χ1) is 8.99. The van der Waals surface area contributed by atoms with Gasteiger partial charge in [0.2, 0.25) is 5.91 Å². The van der Waals surface area contributed by atoms with Crippen molar-refractivity contribution in [2.75, 3.05) is 6.54 Å². The Morgan fingerprint density at radius 1 is 1.32 bits per heavy atom. The van der Waals surface area contributed by atoms with Crippen LogP contribution < -0.4 is 11.1 Å². The summed E-state index contributed by atoms with van der Waals surface area (Å²) in [5, 5.41) is 2.64. The van der Waals surface area contributed by atoms with Crippen LogP contribution in [0.2, 0.25) is 0 Å². The molecule has 0 bridgehead atoms. The van der Waals surface area contributed by atoms with E-state index in [9.17, 15) is 13.6 Å². The number of nitrogens with one attached hydrogen (secondary N) is 1. The minimum absolute atomic E-state index is 0.0375. The first-order valence-electron chi connectivity index (χ1n) is 6.41. The molecule has 5 heteroatoms. The summed E-state index contributed by atoms with van der Waals surface area (Å²) in [4.78, 5) is 12.1. The Kier molecular flexibility index (Phi) is 5.42. The second kappa shape index (κ2) is 6.61. The Balaban J connectivity index is 2.75. The third-order valence-corrected chi connectivity index (χ3v) is 3.67. The zero-order valence-electron chi connectivity index (χ0n) is 11.3. The molecule has 0 atom stereocenters. The second-order valence-corrected chi connectivity index (χ2v) is 4.61. The van der Waals surface area contributed by atoms with Gasteiger partial charge in [0, 0.05) is 18.7 Å². The van der Waals surface area contributed by atoms with Crippen molar-refractivity contribution in [1.82, 2.24) is 5.32 Å². The predicted molar refractivity (Wildman–Crippen MR) is 70.3 cm³/mol. The summed E-state index contributed by atoms with van der Waals surface area (Å²) in [5.74, 6) is -1.28. The molecule has 3 nitrogen and oxygen atoms in total. The smallest absolute Gasteiger partial charge is 0.227 e. The minimum atomic E-state index is -0.635. The number of hydrogen-bond donors (Lipinski definition) is 2. The molecule has 0 radical (unpaired) electrons. The van der Waals surface area contributed by atoms with Gasteiger partial charge in [0.25, 0.3) is 0 Å². The predicted octanol–water partition coefficient (Wildman–Crippen LogP) is 2.35. The molecule has 0 unspecified atom stereocenters. The fourth-order valence-corrected chi connectivity index (χ4v) is 1.99. The number of benzene rings is 1. The Bertz CT molecular complexity index is 437. The van der Waals surface area contributed by atoms with E-state index in [1.165, 1.54) is 0 Å². The lowest BCUT2D eigenvalue weighted by Crippen LogP contribution is -2.45. The Morgan fingerprint density at radius 3 is 2.47 bits per heavy atom. The van der Waals surface area contributed by atoms with Gasteiger partial charge in [0.15, 0.2) is 0 Å². The van der Waals surface area contributed by atoms with Gasteiger partial charge in [-0.2, -0.15) is 0 Å². The third-order valence-electron chi connectivity index (χ3n) is 3.67. The molecule has 0 spiro atoms. The molecule has 0 saturated heterocycles. The van der Waals surface area contributed by atoms with E-state index in [1.54, 1.807) is 0 Å². The number of rotatable bonds is 6. The number of nitrogens with two attached hydrogens (primary N) is 1. The molecule has 0 heterocycles. The number of hydrogen-bond acceptors (Lipinski definition) is 2. The van der Waals surface area contributed by atoms with E-state index in [0.717, 1.165) is 18.2 Å². The molecule has 0 aliphatic carbocycles. The van der Waals surface area contributed by atoms with E-state index in [4.69, 9.17) is 5.73 Å².